The van der Waals surface area contributed by atoms with Crippen molar-refractivity contribution in [2.45, 2.75) is 48.8 Å². The number of methoxy groups -OCH3 is 1. The lowest BCUT2D eigenvalue weighted by Gasteiger charge is -2.57. The summed E-state index contributed by atoms with van der Waals surface area (Å²) in [6.07, 6.45) is -3.26. The van der Waals surface area contributed by atoms with Gasteiger partial charge < -0.3 is 4.74 Å². The van der Waals surface area contributed by atoms with Gasteiger partial charge in [0.2, 0.25) is 10.0 Å². The Morgan fingerprint density at radius 1 is 0.950 bits per heavy atom. The van der Waals surface area contributed by atoms with Crippen LogP contribution in [0.15, 0.2) is 71.6 Å². The maximum absolute atomic E-state index is 14.2. The molecule has 0 bridgehead atoms. The first-order chi connectivity index (χ1) is 19.0. The van der Waals surface area contributed by atoms with Crippen molar-refractivity contribution in [1.82, 2.24) is 9.21 Å². The van der Waals surface area contributed by atoms with Crippen molar-refractivity contribution >= 4 is 10.0 Å². The molecule has 3 aromatic carbocycles. The van der Waals surface area contributed by atoms with Crippen LogP contribution in [0.4, 0.5) is 17.6 Å². The molecule has 2 heterocycles. The molecule has 1 unspecified atom stereocenters. The van der Waals surface area contributed by atoms with Crippen LogP contribution in [-0.2, 0) is 20.9 Å². The second-order valence-corrected chi connectivity index (χ2v) is 12.4. The summed E-state index contributed by atoms with van der Waals surface area (Å²) >= 11 is 0. The molecule has 0 aliphatic carbocycles. The molecule has 0 aromatic heterocycles. The summed E-state index contributed by atoms with van der Waals surface area (Å²) in [7, 11) is -2.10. The van der Waals surface area contributed by atoms with E-state index in [9.17, 15) is 26.0 Å². The number of hydrogen-bond donors (Lipinski definition) is 0. The van der Waals surface area contributed by atoms with Crippen molar-refractivity contribution in [3.05, 3.63) is 89.2 Å². The third-order valence-corrected chi connectivity index (χ3v) is 10.1. The fraction of sp³-hybridized carbons (Fsp3) is 0.400. The first-order valence-electron chi connectivity index (χ1n) is 13.3. The number of benzene rings is 3. The van der Waals surface area contributed by atoms with E-state index >= 15 is 0 Å². The third kappa shape index (κ3) is 5.30. The number of aryl methyl sites for hydroxylation is 1. The number of rotatable bonds is 6. The van der Waals surface area contributed by atoms with Crippen molar-refractivity contribution in [3.8, 4) is 11.1 Å². The molecular weight excluding hydrogens is 544 g/mol. The van der Waals surface area contributed by atoms with Gasteiger partial charge in [0.05, 0.1) is 17.1 Å². The molecule has 2 saturated heterocycles. The first-order valence-corrected chi connectivity index (χ1v) is 14.7. The van der Waals surface area contributed by atoms with Gasteiger partial charge in [-0.25, -0.2) is 12.8 Å². The van der Waals surface area contributed by atoms with Crippen LogP contribution in [0, 0.1) is 12.7 Å². The number of fused-ring (bicyclic) bond motifs is 1. The van der Waals surface area contributed by atoms with Crippen LogP contribution >= 0.6 is 0 Å². The molecule has 3 aromatic rings. The summed E-state index contributed by atoms with van der Waals surface area (Å²) in [5, 5.41) is 0. The summed E-state index contributed by atoms with van der Waals surface area (Å²) in [4.78, 5) is 2.59. The Morgan fingerprint density at radius 3 is 2.33 bits per heavy atom. The summed E-state index contributed by atoms with van der Waals surface area (Å²) in [6, 6.07) is 16.9. The van der Waals surface area contributed by atoms with Gasteiger partial charge in [0.15, 0.2) is 0 Å². The molecule has 2 aliphatic heterocycles. The largest absolute Gasteiger partial charge is 0.419 e. The van der Waals surface area contributed by atoms with Crippen LogP contribution in [0.2, 0.25) is 0 Å². The van der Waals surface area contributed by atoms with Crippen LogP contribution in [0.3, 0.4) is 0 Å². The predicted octanol–water partition coefficient (Wildman–Crippen LogP) is 6.09. The highest BCUT2D eigenvalue weighted by atomic mass is 32.2. The first kappa shape index (κ1) is 28.7. The van der Waals surface area contributed by atoms with Crippen molar-refractivity contribution < 1.29 is 30.7 Å². The van der Waals surface area contributed by atoms with Gasteiger partial charge in [0.1, 0.15) is 5.82 Å². The number of halogens is 4. The van der Waals surface area contributed by atoms with Crippen molar-refractivity contribution in [2.75, 3.05) is 33.4 Å². The van der Waals surface area contributed by atoms with Crippen molar-refractivity contribution in [2.24, 2.45) is 0 Å². The Balaban J connectivity index is 1.47. The average Bonchev–Trinajstić information content (AvgIpc) is 2.89. The second kappa shape index (κ2) is 11.2. The van der Waals surface area contributed by atoms with Gasteiger partial charge in [-0.3, -0.25) is 4.90 Å². The van der Waals surface area contributed by atoms with E-state index < -0.39 is 27.6 Å². The highest BCUT2D eigenvalue weighted by Gasteiger charge is 2.50. The fourth-order valence-electron chi connectivity index (χ4n) is 6.20. The van der Waals surface area contributed by atoms with Gasteiger partial charge in [-0.05, 0) is 60.7 Å². The molecule has 5 rings (SSSR count). The fourth-order valence-corrected chi connectivity index (χ4v) is 7.92. The molecule has 214 valence electrons. The van der Waals surface area contributed by atoms with E-state index in [0.29, 0.717) is 30.2 Å². The lowest BCUT2D eigenvalue weighted by molar-refractivity contribution is -0.139. The molecule has 0 N–H and O–H groups in total. The summed E-state index contributed by atoms with van der Waals surface area (Å²) in [6.45, 7) is 3.75. The third-order valence-electron chi connectivity index (χ3n) is 8.10. The predicted molar refractivity (Wildman–Crippen MR) is 145 cm³/mol. The lowest BCUT2D eigenvalue weighted by Crippen LogP contribution is -2.68. The highest BCUT2D eigenvalue weighted by molar-refractivity contribution is 7.89. The minimum absolute atomic E-state index is 0.00173. The molecule has 2 aliphatic rings. The zero-order valence-corrected chi connectivity index (χ0v) is 23.2. The van der Waals surface area contributed by atoms with Crippen LogP contribution in [-0.4, -0.2) is 63.1 Å². The van der Waals surface area contributed by atoms with Gasteiger partial charge in [-0.1, -0.05) is 54.6 Å². The normalized spacial score (nSPS) is 22.7. The van der Waals surface area contributed by atoms with Crippen molar-refractivity contribution in [1.29, 1.82) is 0 Å². The zero-order chi connectivity index (χ0) is 28.7. The van der Waals surface area contributed by atoms with Gasteiger partial charge in [0.25, 0.3) is 0 Å². The Labute approximate surface area is 232 Å². The van der Waals surface area contributed by atoms with Crippen molar-refractivity contribution in [3.63, 3.8) is 0 Å². The quantitative estimate of drug-likeness (QED) is 0.334. The van der Waals surface area contributed by atoms with Crippen LogP contribution in [0.5, 0.6) is 0 Å². The summed E-state index contributed by atoms with van der Waals surface area (Å²) < 4.78 is 89.6. The number of hydrogen-bond acceptors (Lipinski definition) is 4. The molecule has 5 nitrogen and oxygen atoms in total. The lowest BCUT2D eigenvalue weighted by atomic mass is 9.74. The average molecular weight is 577 g/mol. The Kier molecular flexibility index (Phi) is 8.07. The van der Waals surface area contributed by atoms with E-state index in [2.05, 4.69) is 4.90 Å². The number of ether oxygens (including phenoxy) is 1. The number of nitrogens with zero attached hydrogens (tertiary/aromatic N) is 2. The van der Waals surface area contributed by atoms with E-state index in [1.807, 2.05) is 6.07 Å². The van der Waals surface area contributed by atoms with E-state index in [0.717, 1.165) is 31.0 Å². The summed E-state index contributed by atoms with van der Waals surface area (Å²) in [5.74, 6) is -1.40. The smallest absolute Gasteiger partial charge is 0.383 e. The molecular formula is C30H32F4N2O3S. The maximum Gasteiger partial charge on any atom is 0.419 e. The molecule has 0 saturated carbocycles. The Bertz CT molecular complexity index is 1460. The standard InChI is InChI=1S/C30H32F4N2O3S/c1-20-8-3-4-11-27(20)40(37,38)35-16-5-6-17-36-25(18-35)28(26(36)19-39-2)22-14-12-21(13-15-22)23-9-7-10-24(31)29(23)30(32,33)34/h3-4,7-15,25-26,28H,5-6,16-19H2,1-2H3/t25-,26?,28-/m0/s1. The Hall–Kier alpha value is -2.79. The second-order valence-electron chi connectivity index (χ2n) is 10.5. The molecule has 2 fully saturated rings. The Morgan fingerprint density at radius 2 is 1.65 bits per heavy atom. The van der Waals surface area contributed by atoms with Crippen LogP contribution in [0.25, 0.3) is 11.1 Å². The van der Waals surface area contributed by atoms with Crippen LogP contribution in [0.1, 0.15) is 35.4 Å². The van der Waals surface area contributed by atoms with Gasteiger partial charge in [-0.2, -0.15) is 17.5 Å². The molecule has 3 atom stereocenters. The topological polar surface area (TPSA) is 49.9 Å². The van der Waals surface area contributed by atoms with Gasteiger partial charge >= 0.3 is 6.18 Å². The summed E-state index contributed by atoms with van der Waals surface area (Å²) in [5.41, 5.74) is 0.327. The SMILES string of the molecule is COCC1[C@@H](c2ccc(-c3cccc(F)c3C(F)(F)F)cc2)[C@@H]2CN(S(=O)(=O)c3ccccc3C)CCCCN12. The van der Waals surface area contributed by atoms with E-state index in [1.54, 1.807) is 60.8 Å². The molecule has 0 radical (unpaired) electrons. The maximum atomic E-state index is 14.2. The monoisotopic (exact) mass is 576 g/mol. The van der Waals surface area contributed by atoms with E-state index in [-0.39, 0.29) is 29.1 Å². The van der Waals surface area contributed by atoms with Gasteiger partial charge in [-0.15, -0.1) is 0 Å². The van der Waals surface area contributed by atoms with E-state index in [4.69, 9.17) is 4.74 Å². The van der Waals surface area contributed by atoms with Gasteiger partial charge in [0, 0.05) is 38.2 Å². The number of alkyl halides is 3. The molecule has 0 spiro atoms. The number of sulfonamides is 1. The zero-order valence-electron chi connectivity index (χ0n) is 22.4. The highest BCUT2D eigenvalue weighted by Crippen LogP contribution is 2.44. The minimum Gasteiger partial charge on any atom is -0.383 e. The minimum atomic E-state index is -4.83. The van der Waals surface area contributed by atoms with E-state index in [1.165, 1.54) is 12.1 Å². The molecule has 10 heteroatoms. The molecule has 40 heavy (non-hydrogen) atoms. The van der Waals surface area contributed by atoms with Crippen LogP contribution < -0.4 is 0 Å². The molecule has 0 amide bonds.